The van der Waals surface area contributed by atoms with Crippen molar-refractivity contribution < 1.29 is 0 Å². The monoisotopic (exact) mass is 323 g/mol. The molecule has 0 spiro atoms. The molecule has 2 heterocycles. The Morgan fingerprint density at radius 1 is 1.09 bits per heavy atom. The molecule has 2 N–H and O–H groups in total. The quantitative estimate of drug-likeness (QED) is 0.539. The van der Waals surface area contributed by atoms with E-state index in [0.29, 0.717) is 0 Å². The van der Waals surface area contributed by atoms with Crippen LogP contribution in [0.2, 0.25) is 0 Å². The van der Waals surface area contributed by atoms with E-state index < -0.39 is 0 Å². The normalized spacial score (nSPS) is 11.3. The number of hydrogen-bond donors (Lipinski definition) is 2. The average Bonchev–Trinajstić information content (AvgIpc) is 2.95. The van der Waals surface area contributed by atoms with Crippen molar-refractivity contribution in [3.63, 3.8) is 0 Å². The van der Waals surface area contributed by atoms with Crippen LogP contribution in [-0.4, -0.2) is 15.7 Å². The standard InChI is InChI=1S/C17H17N5S/c1-12-16(13(2)21-22-14-8-4-3-5-9-14)23-17(19-12)20-15-10-6-7-11-18-15/h3-11,22H,1-2H3,(H,18,19,20)/b21-13+. The number of thiazole rings is 1. The lowest BCUT2D eigenvalue weighted by Gasteiger charge is -2.02. The highest BCUT2D eigenvalue weighted by molar-refractivity contribution is 7.17. The van der Waals surface area contributed by atoms with Crippen LogP contribution in [0.25, 0.3) is 0 Å². The minimum absolute atomic E-state index is 0.782. The van der Waals surface area contributed by atoms with E-state index in [9.17, 15) is 0 Å². The molecule has 5 nitrogen and oxygen atoms in total. The van der Waals surface area contributed by atoms with E-state index in [4.69, 9.17) is 0 Å². The summed E-state index contributed by atoms with van der Waals surface area (Å²) in [7, 11) is 0. The van der Waals surface area contributed by atoms with Gasteiger partial charge in [-0.1, -0.05) is 35.6 Å². The molecular weight excluding hydrogens is 306 g/mol. The molecular formula is C17H17N5S. The molecule has 3 rings (SSSR count). The molecule has 0 aliphatic rings. The van der Waals surface area contributed by atoms with E-state index in [1.54, 1.807) is 17.5 Å². The van der Waals surface area contributed by atoms with Crippen LogP contribution >= 0.6 is 11.3 Å². The number of hydrazone groups is 1. The molecule has 0 aliphatic carbocycles. The first-order valence-electron chi connectivity index (χ1n) is 7.23. The molecule has 0 aliphatic heterocycles. The van der Waals surface area contributed by atoms with Crippen LogP contribution in [0.3, 0.4) is 0 Å². The molecule has 0 unspecified atom stereocenters. The lowest BCUT2D eigenvalue weighted by atomic mass is 10.3. The molecule has 1 aromatic carbocycles. The highest BCUT2D eigenvalue weighted by Gasteiger charge is 2.11. The van der Waals surface area contributed by atoms with Gasteiger partial charge in [-0.3, -0.25) is 5.43 Å². The highest BCUT2D eigenvalue weighted by Crippen LogP contribution is 2.25. The maximum Gasteiger partial charge on any atom is 0.189 e. The molecule has 3 aromatic rings. The number of aromatic nitrogens is 2. The second kappa shape index (κ2) is 7.02. The van der Waals surface area contributed by atoms with Crippen LogP contribution in [0.4, 0.5) is 16.6 Å². The summed E-state index contributed by atoms with van der Waals surface area (Å²) in [6.45, 7) is 3.96. The molecule has 0 amide bonds. The Bertz CT molecular complexity index is 796. The molecule has 6 heteroatoms. The zero-order valence-corrected chi connectivity index (χ0v) is 13.8. The average molecular weight is 323 g/mol. The lowest BCUT2D eigenvalue weighted by Crippen LogP contribution is -1.99. The van der Waals surface area contributed by atoms with E-state index in [1.165, 1.54) is 0 Å². The number of pyridine rings is 1. The van der Waals surface area contributed by atoms with Gasteiger partial charge in [-0.25, -0.2) is 9.97 Å². The van der Waals surface area contributed by atoms with Gasteiger partial charge in [0.25, 0.3) is 0 Å². The predicted molar refractivity (Wildman–Crippen MR) is 96.6 cm³/mol. The first-order chi connectivity index (χ1) is 11.2. The Morgan fingerprint density at radius 3 is 2.61 bits per heavy atom. The number of nitrogens with zero attached hydrogens (tertiary/aromatic N) is 3. The fraction of sp³-hybridized carbons (Fsp3) is 0.118. The van der Waals surface area contributed by atoms with Gasteiger partial charge in [-0.15, -0.1) is 0 Å². The van der Waals surface area contributed by atoms with Gasteiger partial charge in [0.15, 0.2) is 5.13 Å². The molecule has 0 atom stereocenters. The Morgan fingerprint density at radius 2 is 1.87 bits per heavy atom. The second-order valence-corrected chi connectivity index (χ2v) is 5.95. The fourth-order valence-corrected chi connectivity index (χ4v) is 2.96. The maximum atomic E-state index is 4.54. The largest absolute Gasteiger partial charge is 0.316 e. The molecule has 116 valence electrons. The number of nitrogens with one attached hydrogen (secondary N) is 2. The number of hydrogen-bond acceptors (Lipinski definition) is 6. The van der Waals surface area contributed by atoms with E-state index in [1.807, 2.05) is 62.4 Å². The van der Waals surface area contributed by atoms with Gasteiger partial charge in [-0.2, -0.15) is 5.10 Å². The lowest BCUT2D eigenvalue weighted by molar-refractivity contribution is 1.23. The van der Waals surface area contributed by atoms with Gasteiger partial charge in [0.2, 0.25) is 0 Å². The highest BCUT2D eigenvalue weighted by atomic mass is 32.1. The SMILES string of the molecule is C/C(=N\Nc1ccccc1)c1sc(Nc2ccccn2)nc1C. The van der Waals surface area contributed by atoms with Gasteiger partial charge in [0.1, 0.15) is 5.82 Å². The predicted octanol–water partition coefficient (Wildman–Crippen LogP) is 4.43. The number of anilines is 3. The minimum Gasteiger partial charge on any atom is -0.316 e. The summed E-state index contributed by atoms with van der Waals surface area (Å²) in [5, 5.41) is 8.46. The molecule has 2 aromatic heterocycles. The minimum atomic E-state index is 0.782. The van der Waals surface area contributed by atoms with Crippen molar-refractivity contribution in [1.82, 2.24) is 9.97 Å². The van der Waals surface area contributed by atoms with Crippen LogP contribution in [0.15, 0.2) is 59.8 Å². The summed E-state index contributed by atoms with van der Waals surface area (Å²) in [5.41, 5.74) is 5.87. The number of para-hydroxylation sites is 1. The van der Waals surface area contributed by atoms with Crippen molar-refractivity contribution >= 4 is 33.7 Å². The van der Waals surface area contributed by atoms with Crippen molar-refractivity contribution in [2.24, 2.45) is 5.10 Å². The van der Waals surface area contributed by atoms with Crippen LogP contribution in [0.5, 0.6) is 0 Å². The Kier molecular flexibility index (Phi) is 4.63. The summed E-state index contributed by atoms with van der Waals surface area (Å²) >= 11 is 1.56. The number of aryl methyl sites for hydroxylation is 1. The third kappa shape index (κ3) is 3.92. The van der Waals surface area contributed by atoms with Crippen molar-refractivity contribution in [2.75, 3.05) is 10.7 Å². The Balaban J connectivity index is 1.75. The number of benzene rings is 1. The van der Waals surface area contributed by atoms with E-state index >= 15 is 0 Å². The van der Waals surface area contributed by atoms with Crippen LogP contribution < -0.4 is 10.7 Å². The van der Waals surface area contributed by atoms with Crippen molar-refractivity contribution in [3.05, 3.63) is 65.3 Å². The van der Waals surface area contributed by atoms with Crippen LogP contribution in [0, 0.1) is 6.92 Å². The molecule has 0 saturated heterocycles. The summed E-state index contributed by atoms with van der Waals surface area (Å²) in [4.78, 5) is 9.84. The van der Waals surface area contributed by atoms with E-state index in [2.05, 4.69) is 25.8 Å². The van der Waals surface area contributed by atoms with Gasteiger partial charge in [0, 0.05) is 6.20 Å². The molecule has 0 bridgehead atoms. The van der Waals surface area contributed by atoms with Crippen LogP contribution in [-0.2, 0) is 0 Å². The van der Waals surface area contributed by atoms with E-state index in [0.717, 1.165) is 32.9 Å². The first kappa shape index (κ1) is 15.2. The Hall–Kier alpha value is -2.73. The van der Waals surface area contributed by atoms with E-state index in [-0.39, 0.29) is 0 Å². The zero-order chi connectivity index (χ0) is 16.1. The third-order valence-corrected chi connectivity index (χ3v) is 4.33. The molecule has 23 heavy (non-hydrogen) atoms. The molecule has 0 radical (unpaired) electrons. The third-order valence-electron chi connectivity index (χ3n) is 3.15. The first-order valence-corrected chi connectivity index (χ1v) is 8.05. The topological polar surface area (TPSA) is 62.2 Å². The summed E-state index contributed by atoms with van der Waals surface area (Å²) in [5.74, 6) is 0.782. The summed E-state index contributed by atoms with van der Waals surface area (Å²) < 4.78 is 0. The molecule has 0 fully saturated rings. The smallest absolute Gasteiger partial charge is 0.189 e. The van der Waals surface area contributed by atoms with Gasteiger partial charge < -0.3 is 5.32 Å². The summed E-state index contributed by atoms with van der Waals surface area (Å²) in [6.07, 6.45) is 1.75. The molecule has 0 saturated carbocycles. The Labute approximate surface area is 139 Å². The van der Waals surface area contributed by atoms with Crippen molar-refractivity contribution in [1.29, 1.82) is 0 Å². The fourth-order valence-electron chi connectivity index (χ4n) is 2.04. The van der Waals surface area contributed by atoms with Gasteiger partial charge >= 0.3 is 0 Å². The maximum absolute atomic E-state index is 4.54. The number of rotatable bonds is 5. The van der Waals surface area contributed by atoms with Crippen molar-refractivity contribution in [3.8, 4) is 0 Å². The zero-order valence-electron chi connectivity index (χ0n) is 12.9. The summed E-state index contributed by atoms with van der Waals surface area (Å²) in [6, 6.07) is 15.6. The van der Waals surface area contributed by atoms with Crippen molar-refractivity contribution in [2.45, 2.75) is 13.8 Å². The second-order valence-electron chi connectivity index (χ2n) is 4.95. The van der Waals surface area contributed by atoms with Gasteiger partial charge in [0.05, 0.1) is 22.0 Å². The van der Waals surface area contributed by atoms with Crippen LogP contribution in [0.1, 0.15) is 17.5 Å². The van der Waals surface area contributed by atoms with Gasteiger partial charge in [-0.05, 0) is 38.1 Å².